The molecule has 4 heterocycles. The van der Waals surface area contributed by atoms with Crippen LogP contribution in [0.3, 0.4) is 0 Å². The number of anilines is 2. The minimum atomic E-state index is -0.228. The summed E-state index contributed by atoms with van der Waals surface area (Å²) in [5.74, 6) is 0. The summed E-state index contributed by atoms with van der Waals surface area (Å²) in [4.78, 5) is 16.0. The quantitative estimate of drug-likeness (QED) is 0.538. The van der Waals surface area contributed by atoms with Gasteiger partial charge in [-0.05, 0) is 37.1 Å². The van der Waals surface area contributed by atoms with Crippen molar-refractivity contribution in [3.63, 3.8) is 0 Å². The monoisotopic (exact) mass is 403 g/mol. The van der Waals surface area contributed by atoms with Crippen LogP contribution in [-0.4, -0.2) is 39.3 Å². The molecule has 6 nitrogen and oxygen atoms in total. The normalized spacial score (nSPS) is 15.1. The summed E-state index contributed by atoms with van der Waals surface area (Å²) in [5, 5.41) is 13.7. The number of hydrogen-bond donors (Lipinski definition) is 2. The van der Waals surface area contributed by atoms with Crippen LogP contribution in [0.5, 0.6) is 0 Å². The highest BCUT2D eigenvalue weighted by molar-refractivity contribution is 7.13. The lowest BCUT2D eigenvalue weighted by molar-refractivity contribution is 0.145. The van der Waals surface area contributed by atoms with E-state index in [1.165, 1.54) is 0 Å². The zero-order chi connectivity index (χ0) is 19.8. The van der Waals surface area contributed by atoms with Crippen molar-refractivity contribution in [2.45, 2.75) is 18.9 Å². The number of nitrogen functional groups attached to an aromatic ring is 1. The molecule has 1 aliphatic heterocycles. The molecule has 0 radical (unpaired) electrons. The third-order valence-corrected chi connectivity index (χ3v) is 6.14. The van der Waals surface area contributed by atoms with Crippen LogP contribution >= 0.6 is 11.3 Å². The fraction of sp³-hybridized carbons (Fsp3) is 0.227. The Morgan fingerprint density at radius 1 is 1.07 bits per heavy atom. The van der Waals surface area contributed by atoms with Gasteiger partial charge in [0.05, 0.1) is 40.6 Å². The molecule has 4 aromatic rings. The molecule has 1 aliphatic rings. The van der Waals surface area contributed by atoms with Crippen LogP contribution in [0.1, 0.15) is 12.8 Å². The summed E-state index contributed by atoms with van der Waals surface area (Å²) >= 11 is 1.58. The molecule has 3 N–H and O–H groups in total. The summed E-state index contributed by atoms with van der Waals surface area (Å²) in [6.45, 7) is 1.57. The first kappa shape index (κ1) is 18.0. The van der Waals surface area contributed by atoms with Crippen LogP contribution in [0.25, 0.3) is 32.9 Å². The number of aliphatic hydroxyl groups is 1. The van der Waals surface area contributed by atoms with Crippen LogP contribution in [0.15, 0.2) is 54.2 Å². The number of nitrogens with two attached hydrogens (primary N) is 1. The zero-order valence-electron chi connectivity index (χ0n) is 15.8. The van der Waals surface area contributed by atoms with Crippen LogP contribution < -0.4 is 10.6 Å². The molecule has 0 saturated carbocycles. The maximum absolute atomic E-state index is 9.87. The molecule has 3 aromatic heterocycles. The molecule has 0 amide bonds. The molecule has 0 unspecified atom stereocenters. The van der Waals surface area contributed by atoms with E-state index in [4.69, 9.17) is 10.7 Å². The second-order valence-corrected chi connectivity index (χ2v) is 8.15. The first-order valence-corrected chi connectivity index (χ1v) is 10.6. The molecule has 0 atom stereocenters. The van der Waals surface area contributed by atoms with E-state index in [2.05, 4.69) is 20.9 Å². The van der Waals surface area contributed by atoms with Crippen molar-refractivity contribution in [3.05, 3.63) is 54.2 Å². The van der Waals surface area contributed by atoms with E-state index in [9.17, 15) is 5.11 Å². The Bertz CT molecular complexity index is 1150. The standard InChI is InChI=1S/C22H21N5OS/c23-17-13-25-19-5-4-14(12-16(19)21(17)27-9-6-15(28)7-10-27)18-2-1-3-20(26-18)22-24-8-11-29-22/h1-5,8,11-13,15,28H,6-7,9-10,23H2. The summed E-state index contributed by atoms with van der Waals surface area (Å²) in [7, 11) is 0. The summed E-state index contributed by atoms with van der Waals surface area (Å²) in [6, 6.07) is 12.2. The topological polar surface area (TPSA) is 88.2 Å². The molecule has 1 aromatic carbocycles. The van der Waals surface area contributed by atoms with Gasteiger partial charge in [-0.25, -0.2) is 9.97 Å². The first-order chi connectivity index (χ1) is 14.2. The largest absolute Gasteiger partial charge is 0.396 e. The van der Waals surface area contributed by atoms with E-state index in [1.54, 1.807) is 23.7 Å². The molecular formula is C22H21N5OS. The number of rotatable bonds is 3. The number of hydrogen-bond acceptors (Lipinski definition) is 7. The summed E-state index contributed by atoms with van der Waals surface area (Å²) in [6.07, 6.45) is 4.79. The minimum Gasteiger partial charge on any atom is -0.396 e. The number of aliphatic hydroxyl groups excluding tert-OH is 1. The lowest BCUT2D eigenvalue weighted by Gasteiger charge is -2.33. The van der Waals surface area contributed by atoms with Crippen LogP contribution in [0, 0.1) is 0 Å². The van der Waals surface area contributed by atoms with E-state index in [-0.39, 0.29) is 6.10 Å². The van der Waals surface area contributed by atoms with Gasteiger partial charge in [0, 0.05) is 35.6 Å². The average molecular weight is 404 g/mol. The van der Waals surface area contributed by atoms with Crippen molar-refractivity contribution >= 4 is 33.6 Å². The number of pyridine rings is 2. The van der Waals surface area contributed by atoms with Gasteiger partial charge in [0.2, 0.25) is 0 Å². The summed E-state index contributed by atoms with van der Waals surface area (Å²) in [5.41, 5.74) is 11.7. The molecule has 5 rings (SSSR count). The Morgan fingerprint density at radius 3 is 2.69 bits per heavy atom. The Balaban J connectivity index is 1.60. The van der Waals surface area contributed by atoms with Crippen molar-refractivity contribution in [1.82, 2.24) is 15.0 Å². The van der Waals surface area contributed by atoms with Gasteiger partial charge in [0.25, 0.3) is 0 Å². The number of piperidine rings is 1. The van der Waals surface area contributed by atoms with Gasteiger partial charge in [-0.2, -0.15) is 0 Å². The van der Waals surface area contributed by atoms with Gasteiger partial charge in [-0.3, -0.25) is 4.98 Å². The van der Waals surface area contributed by atoms with Gasteiger partial charge < -0.3 is 15.7 Å². The van der Waals surface area contributed by atoms with E-state index in [1.807, 2.05) is 35.7 Å². The Labute approximate surface area is 172 Å². The second-order valence-electron chi connectivity index (χ2n) is 7.26. The predicted molar refractivity (Wildman–Crippen MR) is 118 cm³/mol. The van der Waals surface area contributed by atoms with Crippen molar-refractivity contribution in [2.75, 3.05) is 23.7 Å². The molecule has 29 heavy (non-hydrogen) atoms. The molecule has 1 saturated heterocycles. The third kappa shape index (κ3) is 3.43. The number of aromatic nitrogens is 3. The van der Waals surface area contributed by atoms with Crippen LogP contribution in [-0.2, 0) is 0 Å². The molecule has 0 aliphatic carbocycles. The molecule has 0 bridgehead atoms. The second kappa shape index (κ2) is 7.42. The fourth-order valence-electron chi connectivity index (χ4n) is 3.86. The SMILES string of the molecule is Nc1cnc2ccc(-c3cccc(-c4nccs4)n3)cc2c1N1CCC(O)CC1. The lowest BCUT2D eigenvalue weighted by atomic mass is 10.0. The number of thiazole rings is 1. The molecule has 146 valence electrons. The van der Waals surface area contributed by atoms with Gasteiger partial charge in [0.15, 0.2) is 0 Å². The molecule has 7 heteroatoms. The Hall–Kier alpha value is -3.03. The van der Waals surface area contributed by atoms with Gasteiger partial charge in [-0.1, -0.05) is 12.1 Å². The highest BCUT2D eigenvalue weighted by Gasteiger charge is 2.21. The van der Waals surface area contributed by atoms with Gasteiger partial charge in [-0.15, -0.1) is 11.3 Å². The van der Waals surface area contributed by atoms with Crippen molar-refractivity contribution in [2.24, 2.45) is 0 Å². The molecule has 1 fully saturated rings. The van der Waals surface area contributed by atoms with Gasteiger partial charge >= 0.3 is 0 Å². The highest BCUT2D eigenvalue weighted by atomic mass is 32.1. The third-order valence-electron chi connectivity index (χ3n) is 5.34. The molecular weight excluding hydrogens is 382 g/mol. The van der Waals surface area contributed by atoms with E-state index < -0.39 is 0 Å². The van der Waals surface area contributed by atoms with E-state index in [0.717, 1.165) is 64.5 Å². The zero-order valence-corrected chi connectivity index (χ0v) is 16.6. The number of fused-ring (bicyclic) bond motifs is 1. The van der Waals surface area contributed by atoms with Crippen LogP contribution in [0.2, 0.25) is 0 Å². The van der Waals surface area contributed by atoms with Crippen molar-refractivity contribution < 1.29 is 5.11 Å². The van der Waals surface area contributed by atoms with Crippen LogP contribution in [0.4, 0.5) is 11.4 Å². The van der Waals surface area contributed by atoms with Crippen molar-refractivity contribution in [1.29, 1.82) is 0 Å². The average Bonchev–Trinajstić information content (AvgIpc) is 3.29. The maximum atomic E-state index is 9.87. The number of benzene rings is 1. The van der Waals surface area contributed by atoms with E-state index >= 15 is 0 Å². The maximum Gasteiger partial charge on any atom is 0.141 e. The lowest BCUT2D eigenvalue weighted by Crippen LogP contribution is -2.36. The van der Waals surface area contributed by atoms with Crippen molar-refractivity contribution in [3.8, 4) is 22.0 Å². The smallest absolute Gasteiger partial charge is 0.141 e. The Kier molecular flexibility index (Phi) is 4.61. The van der Waals surface area contributed by atoms with Gasteiger partial charge in [0.1, 0.15) is 5.01 Å². The highest BCUT2D eigenvalue weighted by Crippen LogP contribution is 2.36. The minimum absolute atomic E-state index is 0.228. The number of nitrogens with zero attached hydrogens (tertiary/aromatic N) is 4. The fourth-order valence-corrected chi connectivity index (χ4v) is 4.47. The molecule has 0 spiro atoms. The first-order valence-electron chi connectivity index (χ1n) is 9.67. The summed E-state index contributed by atoms with van der Waals surface area (Å²) < 4.78 is 0. The Morgan fingerprint density at radius 2 is 1.90 bits per heavy atom. The van der Waals surface area contributed by atoms with E-state index in [0.29, 0.717) is 5.69 Å². The predicted octanol–water partition coefficient (Wildman–Crippen LogP) is 3.96.